The highest BCUT2D eigenvalue weighted by atomic mass is 32.1. The minimum absolute atomic E-state index is 0.0219. The van der Waals surface area contributed by atoms with Crippen LogP contribution >= 0.6 is 11.3 Å². The summed E-state index contributed by atoms with van der Waals surface area (Å²) in [5, 5.41) is 14.0. The van der Waals surface area contributed by atoms with Gasteiger partial charge in [0.1, 0.15) is 0 Å². The minimum Gasteiger partial charge on any atom is -0.383 e. The van der Waals surface area contributed by atoms with E-state index in [1.54, 1.807) is 30.8 Å². The fraction of sp³-hybridized carbons (Fsp3) is 0.263. The SMILES string of the molecule is COCCn1cc(-c2cnc3nnn(C(C)c4cc5cnccc5s4)c3n2)cn1. The minimum atomic E-state index is -0.0219. The molecule has 5 aromatic rings. The summed E-state index contributed by atoms with van der Waals surface area (Å²) in [6.45, 7) is 3.37. The Balaban J connectivity index is 1.51. The second kappa shape index (κ2) is 7.30. The van der Waals surface area contributed by atoms with Gasteiger partial charge in [0.2, 0.25) is 5.65 Å². The maximum atomic E-state index is 5.10. The summed E-state index contributed by atoms with van der Waals surface area (Å²) in [6.07, 6.45) is 9.10. The van der Waals surface area contributed by atoms with Gasteiger partial charge in [0, 0.05) is 46.2 Å². The molecular weight excluding hydrogens is 388 g/mol. The maximum Gasteiger partial charge on any atom is 0.221 e. The van der Waals surface area contributed by atoms with E-state index in [9.17, 15) is 0 Å². The second-order valence-corrected chi connectivity index (χ2v) is 7.77. The third-order valence-electron chi connectivity index (χ3n) is 4.76. The molecular formula is C19H18N8OS. The van der Waals surface area contributed by atoms with Gasteiger partial charge < -0.3 is 4.74 Å². The van der Waals surface area contributed by atoms with E-state index in [2.05, 4.69) is 38.4 Å². The van der Waals surface area contributed by atoms with Crippen molar-refractivity contribution >= 4 is 32.7 Å². The Morgan fingerprint density at radius 2 is 2.17 bits per heavy atom. The molecule has 0 saturated carbocycles. The molecule has 1 unspecified atom stereocenters. The number of aromatic nitrogens is 8. The zero-order valence-corrected chi connectivity index (χ0v) is 16.7. The zero-order chi connectivity index (χ0) is 19.8. The highest BCUT2D eigenvalue weighted by Gasteiger charge is 2.18. The first-order valence-electron chi connectivity index (χ1n) is 9.16. The first kappa shape index (κ1) is 17.8. The van der Waals surface area contributed by atoms with Gasteiger partial charge in [-0.1, -0.05) is 5.21 Å². The lowest BCUT2D eigenvalue weighted by Crippen LogP contribution is -2.08. The average Bonchev–Trinajstić information content (AvgIpc) is 3.48. The van der Waals surface area contributed by atoms with Crippen LogP contribution in [0.25, 0.3) is 32.6 Å². The van der Waals surface area contributed by atoms with Crippen molar-refractivity contribution in [1.29, 1.82) is 0 Å². The van der Waals surface area contributed by atoms with Crippen molar-refractivity contribution < 1.29 is 4.74 Å². The molecule has 0 saturated heterocycles. The number of rotatable bonds is 6. The first-order valence-corrected chi connectivity index (χ1v) is 9.98. The highest BCUT2D eigenvalue weighted by molar-refractivity contribution is 7.19. The van der Waals surface area contributed by atoms with E-state index in [4.69, 9.17) is 9.72 Å². The van der Waals surface area contributed by atoms with E-state index < -0.39 is 0 Å². The van der Waals surface area contributed by atoms with E-state index in [1.165, 1.54) is 9.58 Å². The molecule has 10 heteroatoms. The average molecular weight is 406 g/mol. The van der Waals surface area contributed by atoms with Crippen molar-refractivity contribution in [2.75, 3.05) is 13.7 Å². The fourth-order valence-electron chi connectivity index (χ4n) is 3.16. The van der Waals surface area contributed by atoms with Gasteiger partial charge in [-0.25, -0.2) is 14.6 Å². The third-order valence-corrected chi connectivity index (χ3v) is 6.04. The molecule has 0 aliphatic heterocycles. The number of ether oxygens (including phenoxy) is 1. The van der Waals surface area contributed by atoms with Crippen LogP contribution in [0.4, 0.5) is 0 Å². The summed E-state index contributed by atoms with van der Waals surface area (Å²) in [5.41, 5.74) is 2.80. The van der Waals surface area contributed by atoms with Crippen LogP contribution in [0.5, 0.6) is 0 Å². The van der Waals surface area contributed by atoms with Gasteiger partial charge in [-0.05, 0) is 19.1 Å². The van der Waals surface area contributed by atoms with Gasteiger partial charge in [-0.3, -0.25) is 9.67 Å². The van der Waals surface area contributed by atoms with E-state index in [1.807, 2.05) is 34.0 Å². The maximum absolute atomic E-state index is 5.10. The quantitative estimate of drug-likeness (QED) is 0.428. The Labute approximate surface area is 170 Å². The Hall–Kier alpha value is -3.24. The van der Waals surface area contributed by atoms with Crippen molar-refractivity contribution in [2.24, 2.45) is 0 Å². The Kier molecular flexibility index (Phi) is 4.49. The summed E-state index contributed by atoms with van der Waals surface area (Å²) in [6, 6.07) is 4.14. The molecule has 0 N–H and O–H groups in total. The van der Waals surface area contributed by atoms with Crippen molar-refractivity contribution in [3.05, 3.63) is 48.0 Å². The number of fused-ring (bicyclic) bond motifs is 2. The van der Waals surface area contributed by atoms with Gasteiger partial charge in [-0.15, -0.1) is 16.4 Å². The lowest BCUT2D eigenvalue weighted by atomic mass is 10.2. The van der Waals surface area contributed by atoms with E-state index >= 15 is 0 Å². The Morgan fingerprint density at radius 1 is 1.24 bits per heavy atom. The zero-order valence-electron chi connectivity index (χ0n) is 15.9. The third kappa shape index (κ3) is 3.26. The van der Waals surface area contributed by atoms with Crippen molar-refractivity contribution in [1.82, 2.24) is 39.7 Å². The van der Waals surface area contributed by atoms with Gasteiger partial charge in [0.15, 0.2) is 5.65 Å². The van der Waals surface area contributed by atoms with Crippen LogP contribution in [0.2, 0.25) is 0 Å². The van der Waals surface area contributed by atoms with E-state index in [-0.39, 0.29) is 6.04 Å². The van der Waals surface area contributed by atoms with Crippen molar-refractivity contribution in [3.8, 4) is 11.3 Å². The standard InChI is InChI=1S/C19H18N8OS/c1-12(17-7-13-8-20-4-3-16(13)29-17)27-19-18(24-25-27)21-10-15(23-19)14-9-22-26(11-14)5-6-28-2/h3-4,7-12H,5-6H2,1-2H3. The van der Waals surface area contributed by atoms with Crippen molar-refractivity contribution in [2.45, 2.75) is 19.5 Å². The molecule has 0 aromatic carbocycles. The normalized spacial score (nSPS) is 12.8. The molecule has 0 aliphatic rings. The molecule has 9 nitrogen and oxygen atoms in total. The van der Waals surface area contributed by atoms with Crippen LogP contribution in [0.1, 0.15) is 17.8 Å². The molecule has 0 radical (unpaired) electrons. The smallest absolute Gasteiger partial charge is 0.221 e. The van der Waals surface area contributed by atoms with Gasteiger partial charge in [-0.2, -0.15) is 5.10 Å². The molecule has 0 spiro atoms. The first-order chi connectivity index (χ1) is 14.2. The Morgan fingerprint density at radius 3 is 3.03 bits per heavy atom. The monoisotopic (exact) mass is 406 g/mol. The predicted molar refractivity (Wildman–Crippen MR) is 110 cm³/mol. The molecule has 29 heavy (non-hydrogen) atoms. The highest BCUT2D eigenvalue weighted by Crippen LogP contribution is 2.32. The molecule has 5 heterocycles. The Bertz CT molecular complexity index is 1260. The summed E-state index contributed by atoms with van der Waals surface area (Å²) in [5.74, 6) is 0. The molecule has 0 bridgehead atoms. The van der Waals surface area contributed by atoms with Crippen LogP contribution in [-0.2, 0) is 11.3 Å². The summed E-state index contributed by atoms with van der Waals surface area (Å²) >= 11 is 1.72. The molecule has 1 atom stereocenters. The summed E-state index contributed by atoms with van der Waals surface area (Å²) < 4.78 is 9.94. The molecule has 5 aromatic heterocycles. The van der Waals surface area contributed by atoms with E-state index in [0.29, 0.717) is 24.4 Å². The number of nitrogens with zero attached hydrogens (tertiary/aromatic N) is 8. The van der Waals surface area contributed by atoms with Crippen molar-refractivity contribution in [3.63, 3.8) is 0 Å². The number of hydrogen-bond donors (Lipinski definition) is 0. The van der Waals surface area contributed by atoms with E-state index in [0.717, 1.165) is 16.6 Å². The van der Waals surface area contributed by atoms with Crippen LogP contribution in [0.3, 0.4) is 0 Å². The molecule has 0 amide bonds. The molecule has 5 rings (SSSR count). The number of hydrogen-bond acceptors (Lipinski definition) is 8. The van der Waals surface area contributed by atoms with Crippen LogP contribution in [0, 0.1) is 0 Å². The predicted octanol–water partition coefficient (Wildman–Crippen LogP) is 2.95. The van der Waals surface area contributed by atoms with Gasteiger partial charge >= 0.3 is 0 Å². The lowest BCUT2D eigenvalue weighted by molar-refractivity contribution is 0.183. The van der Waals surface area contributed by atoms with Gasteiger partial charge in [0.25, 0.3) is 0 Å². The molecule has 146 valence electrons. The van der Waals surface area contributed by atoms with Crippen LogP contribution < -0.4 is 0 Å². The number of methoxy groups -OCH3 is 1. The lowest BCUT2D eigenvalue weighted by Gasteiger charge is -2.09. The van der Waals surface area contributed by atoms with Crippen LogP contribution in [-0.4, -0.2) is 53.4 Å². The molecule has 0 aliphatic carbocycles. The van der Waals surface area contributed by atoms with Gasteiger partial charge in [0.05, 0.1) is 37.3 Å². The second-order valence-electron chi connectivity index (χ2n) is 6.66. The fourth-order valence-corrected chi connectivity index (χ4v) is 4.23. The number of thiophene rings is 1. The molecule has 0 fully saturated rings. The number of pyridine rings is 1. The topological polar surface area (TPSA) is 96.4 Å². The largest absolute Gasteiger partial charge is 0.383 e. The summed E-state index contributed by atoms with van der Waals surface area (Å²) in [7, 11) is 1.67. The van der Waals surface area contributed by atoms with Crippen LogP contribution in [0.15, 0.2) is 43.1 Å². The summed E-state index contributed by atoms with van der Waals surface area (Å²) in [4.78, 5) is 14.6.